The molecule has 1 aromatic rings. The topological polar surface area (TPSA) is 46.5 Å². The van der Waals surface area contributed by atoms with Crippen molar-refractivity contribution < 1.29 is 32.2 Å². The number of rotatable bonds is 7. The van der Waals surface area contributed by atoms with Crippen LogP contribution in [0.3, 0.4) is 0 Å². The molecule has 0 aliphatic rings. The number of halogens is 4. The van der Waals surface area contributed by atoms with Crippen LogP contribution in [0.4, 0.5) is 17.6 Å². The quantitative estimate of drug-likeness (QED) is 0.619. The summed E-state index contributed by atoms with van der Waals surface area (Å²) < 4.78 is 53.3. The van der Waals surface area contributed by atoms with Gasteiger partial charge in [0.25, 0.3) is 0 Å². The summed E-state index contributed by atoms with van der Waals surface area (Å²) in [5, 5.41) is 9.05. The summed E-state index contributed by atoms with van der Waals surface area (Å²) in [6, 6.07) is 5.44. The molecule has 0 saturated carbocycles. The summed E-state index contributed by atoms with van der Waals surface area (Å²) in [6.07, 6.45) is -4.30. The van der Waals surface area contributed by atoms with Crippen LogP contribution >= 0.6 is 0 Å². The lowest BCUT2D eigenvalue weighted by molar-refractivity contribution is -0.174. The minimum atomic E-state index is -4.41. The molecule has 0 radical (unpaired) electrons. The van der Waals surface area contributed by atoms with Crippen LogP contribution in [-0.2, 0) is 9.53 Å². The highest BCUT2D eigenvalue weighted by atomic mass is 19.4. The van der Waals surface area contributed by atoms with Crippen molar-refractivity contribution in [3.63, 3.8) is 0 Å². The molecule has 0 spiro atoms. The number of hydrogen-bond donors (Lipinski definition) is 1. The standard InChI is InChI=1S/C13H14F4O3/c14-11-6-2-1-4-9(11)10(12(18)19)5-3-7-20-8-13(15,16)17/h1-2,4,6,10H,3,5,7-8H2,(H,18,19). The molecule has 0 aromatic heterocycles. The van der Waals surface area contributed by atoms with Gasteiger partial charge in [-0.1, -0.05) is 18.2 Å². The number of benzene rings is 1. The molecular formula is C13H14F4O3. The molecule has 0 heterocycles. The van der Waals surface area contributed by atoms with E-state index in [4.69, 9.17) is 5.11 Å². The molecule has 1 atom stereocenters. The largest absolute Gasteiger partial charge is 0.481 e. The van der Waals surface area contributed by atoms with Gasteiger partial charge in [0.15, 0.2) is 0 Å². The van der Waals surface area contributed by atoms with Gasteiger partial charge in [0, 0.05) is 12.2 Å². The summed E-state index contributed by atoms with van der Waals surface area (Å²) in [6.45, 7) is -1.60. The smallest absolute Gasteiger partial charge is 0.411 e. The molecule has 0 bridgehead atoms. The number of carbonyl (C=O) groups is 1. The van der Waals surface area contributed by atoms with E-state index in [1.165, 1.54) is 18.2 Å². The number of alkyl halides is 3. The Kier molecular flexibility index (Phi) is 5.94. The zero-order valence-corrected chi connectivity index (χ0v) is 10.5. The fraction of sp³-hybridized carbons (Fsp3) is 0.462. The van der Waals surface area contributed by atoms with Gasteiger partial charge in [0.1, 0.15) is 12.4 Å². The first-order valence-electron chi connectivity index (χ1n) is 5.93. The van der Waals surface area contributed by atoms with E-state index in [0.29, 0.717) is 0 Å². The van der Waals surface area contributed by atoms with Gasteiger partial charge in [0.2, 0.25) is 0 Å². The molecule has 1 N–H and O–H groups in total. The molecule has 20 heavy (non-hydrogen) atoms. The normalized spacial score (nSPS) is 13.2. The Balaban J connectivity index is 2.50. The van der Waals surface area contributed by atoms with Crippen LogP contribution in [0.1, 0.15) is 24.3 Å². The second-order valence-corrected chi connectivity index (χ2v) is 4.22. The summed E-state index contributed by atoms with van der Waals surface area (Å²) in [5.74, 6) is -2.95. The molecule has 0 amide bonds. The molecule has 112 valence electrons. The van der Waals surface area contributed by atoms with Crippen LogP contribution < -0.4 is 0 Å². The van der Waals surface area contributed by atoms with Gasteiger partial charge in [-0.05, 0) is 18.9 Å². The maximum atomic E-state index is 13.5. The van der Waals surface area contributed by atoms with Gasteiger partial charge in [-0.25, -0.2) is 4.39 Å². The van der Waals surface area contributed by atoms with Crippen molar-refractivity contribution in [1.29, 1.82) is 0 Å². The summed E-state index contributed by atoms with van der Waals surface area (Å²) in [7, 11) is 0. The summed E-state index contributed by atoms with van der Waals surface area (Å²) in [5.41, 5.74) is 0.0239. The summed E-state index contributed by atoms with van der Waals surface area (Å²) in [4.78, 5) is 11.1. The van der Waals surface area contributed by atoms with Crippen molar-refractivity contribution in [1.82, 2.24) is 0 Å². The maximum absolute atomic E-state index is 13.5. The number of aliphatic carboxylic acids is 1. The molecule has 3 nitrogen and oxygen atoms in total. The molecule has 0 fully saturated rings. The minimum absolute atomic E-state index is 0.00806. The van der Waals surface area contributed by atoms with Crippen molar-refractivity contribution in [2.45, 2.75) is 24.9 Å². The Morgan fingerprint density at radius 2 is 1.95 bits per heavy atom. The first-order chi connectivity index (χ1) is 9.31. The fourth-order valence-corrected chi connectivity index (χ4v) is 1.75. The van der Waals surface area contributed by atoms with Crippen LogP contribution in [0.25, 0.3) is 0 Å². The Hall–Kier alpha value is -1.63. The van der Waals surface area contributed by atoms with E-state index in [2.05, 4.69) is 4.74 Å². The second kappa shape index (κ2) is 7.23. The lowest BCUT2D eigenvalue weighted by Crippen LogP contribution is -2.18. The minimum Gasteiger partial charge on any atom is -0.481 e. The third-order valence-corrected chi connectivity index (χ3v) is 2.63. The average molecular weight is 294 g/mol. The van der Waals surface area contributed by atoms with Gasteiger partial charge >= 0.3 is 12.1 Å². The van der Waals surface area contributed by atoms with E-state index in [1.807, 2.05) is 0 Å². The predicted molar refractivity (Wildman–Crippen MR) is 62.9 cm³/mol. The van der Waals surface area contributed by atoms with E-state index in [9.17, 15) is 22.4 Å². The van der Waals surface area contributed by atoms with E-state index >= 15 is 0 Å². The highest BCUT2D eigenvalue weighted by molar-refractivity contribution is 5.76. The highest BCUT2D eigenvalue weighted by Crippen LogP contribution is 2.24. The number of ether oxygens (including phenoxy) is 1. The molecule has 0 aliphatic heterocycles. The van der Waals surface area contributed by atoms with Gasteiger partial charge < -0.3 is 9.84 Å². The first kappa shape index (κ1) is 16.4. The van der Waals surface area contributed by atoms with Crippen molar-refractivity contribution in [3.05, 3.63) is 35.6 Å². The molecule has 1 unspecified atom stereocenters. The number of carboxylic acid groups (broad SMARTS) is 1. The van der Waals surface area contributed by atoms with Crippen LogP contribution in [0.5, 0.6) is 0 Å². The summed E-state index contributed by atoms with van der Waals surface area (Å²) >= 11 is 0. The van der Waals surface area contributed by atoms with Crippen molar-refractivity contribution in [2.24, 2.45) is 0 Å². The highest BCUT2D eigenvalue weighted by Gasteiger charge is 2.27. The van der Waals surface area contributed by atoms with Crippen molar-refractivity contribution >= 4 is 5.97 Å². The zero-order valence-electron chi connectivity index (χ0n) is 10.5. The SMILES string of the molecule is O=C(O)C(CCCOCC(F)(F)F)c1ccccc1F. The van der Waals surface area contributed by atoms with E-state index in [-0.39, 0.29) is 25.0 Å². The number of hydrogen-bond acceptors (Lipinski definition) is 2. The van der Waals surface area contributed by atoms with E-state index in [1.54, 1.807) is 0 Å². The molecule has 1 rings (SSSR count). The Bertz CT molecular complexity index is 445. The second-order valence-electron chi connectivity index (χ2n) is 4.22. The van der Waals surface area contributed by atoms with Gasteiger partial charge in [-0.3, -0.25) is 4.79 Å². The Labute approximate surface area is 113 Å². The maximum Gasteiger partial charge on any atom is 0.411 e. The average Bonchev–Trinajstić information content (AvgIpc) is 2.33. The molecule has 1 aromatic carbocycles. The van der Waals surface area contributed by atoms with Gasteiger partial charge in [-0.2, -0.15) is 13.2 Å². The van der Waals surface area contributed by atoms with Gasteiger partial charge in [0.05, 0.1) is 5.92 Å². The monoisotopic (exact) mass is 294 g/mol. The number of carboxylic acids is 1. The molecule has 7 heteroatoms. The third-order valence-electron chi connectivity index (χ3n) is 2.63. The van der Waals surface area contributed by atoms with Crippen LogP contribution in [0.15, 0.2) is 24.3 Å². The molecule has 0 aliphatic carbocycles. The fourth-order valence-electron chi connectivity index (χ4n) is 1.75. The van der Waals surface area contributed by atoms with Crippen LogP contribution in [0.2, 0.25) is 0 Å². The molecule has 0 saturated heterocycles. The lowest BCUT2D eigenvalue weighted by atomic mass is 9.94. The third kappa shape index (κ3) is 5.56. The van der Waals surface area contributed by atoms with E-state index in [0.717, 1.165) is 6.07 Å². The molecular weight excluding hydrogens is 280 g/mol. The zero-order chi connectivity index (χ0) is 15.2. The van der Waals surface area contributed by atoms with Gasteiger partial charge in [-0.15, -0.1) is 0 Å². The predicted octanol–water partition coefficient (Wildman–Crippen LogP) is 3.35. The first-order valence-corrected chi connectivity index (χ1v) is 5.93. The van der Waals surface area contributed by atoms with Crippen molar-refractivity contribution in [3.8, 4) is 0 Å². The van der Waals surface area contributed by atoms with Crippen LogP contribution in [0, 0.1) is 5.82 Å². The van der Waals surface area contributed by atoms with E-state index < -0.39 is 30.5 Å². The van der Waals surface area contributed by atoms with Crippen molar-refractivity contribution in [2.75, 3.05) is 13.2 Å². The lowest BCUT2D eigenvalue weighted by Gasteiger charge is -2.14. The Morgan fingerprint density at radius 1 is 1.30 bits per heavy atom. The Morgan fingerprint density at radius 3 is 2.50 bits per heavy atom. The van der Waals surface area contributed by atoms with Crippen LogP contribution in [-0.4, -0.2) is 30.5 Å².